The van der Waals surface area contributed by atoms with Crippen molar-refractivity contribution < 1.29 is 9.47 Å². The predicted octanol–water partition coefficient (Wildman–Crippen LogP) is 4.42. The van der Waals surface area contributed by atoms with Gasteiger partial charge in [0.15, 0.2) is 0 Å². The molecule has 0 saturated heterocycles. The number of hydrogen-bond donors (Lipinski definition) is 0. The van der Waals surface area contributed by atoms with Crippen LogP contribution in [0.5, 0.6) is 23.3 Å². The molecule has 3 aromatic rings. The molecule has 0 N–H and O–H groups in total. The predicted molar refractivity (Wildman–Crippen MR) is 94.0 cm³/mol. The molecule has 6 heteroatoms. The highest BCUT2D eigenvalue weighted by Gasteiger charge is 2.07. The van der Waals surface area contributed by atoms with Crippen LogP contribution in [0.15, 0.2) is 48.5 Å². The fraction of sp³-hybridized carbons (Fsp3) is 0.100. The molecular formula is C20H14N4O2. The lowest BCUT2D eigenvalue weighted by atomic mass is 10.1. The first-order valence-electron chi connectivity index (χ1n) is 7.79. The van der Waals surface area contributed by atoms with Gasteiger partial charge in [-0.1, -0.05) is 6.07 Å². The molecule has 0 aliphatic rings. The number of nitriles is 2. The molecule has 1 heterocycles. The van der Waals surface area contributed by atoms with Gasteiger partial charge in [-0.15, -0.1) is 0 Å². The minimum atomic E-state index is 0.262. The first kappa shape index (κ1) is 16.9. The average Bonchev–Trinajstić information content (AvgIpc) is 2.60. The highest BCUT2D eigenvalue weighted by atomic mass is 16.5. The Morgan fingerprint density at radius 3 is 1.88 bits per heavy atom. The minimum absolute atomic E-state index is 0.262. The molecule has 0 fully saturated rings. The number of aryl methyl sites for hydroxylation is 2. The summed E-state index contributed by atoms with van der Waals surface area (Å²) in [5, 5.41) is 18.1. The molecule has 126 valence electrons. The van der Waals surface area contributed by atoms with Crippen molar-refractivity contribution in [1.29, 1.82) is 10.5 Å². The maximum atomic E-state index is 9.05. The molecule has 26 heavy (non-hydrogen) atoms. The van der Waals surface area contributed by atoms with E-state index in [-0.39, 0.29) is 6.01 Å². The number of aromatic nitrogens is 2. The summed E-state index contributed by atoms with van der Waals surface area (Å²) in [5.41, 5.74) is 2.35. The van der Waals surface area contributed by atoms with E-state index in [1.807, 2.05) is 32.1 Å². The lowest BCUT2D eigenvalue weighted by Crippen LogP contribution is -1.96. The third kappa shape index (κ3) is 4.14. The molecule has 0 spiro atoms. The number of nitrogens with zero attached hydrogens (tertiary/aromatic N) is 4. The van der Waals surface area contributed by atoms with Crippen molar-refractivity contribution in [2.45, 2.75) is 13.8 Å². The van der Waals surface area contributed by atoms with Gasteiger partial charge >= 0.3 is 6.01 Å². The molecule has 0 aliphatic heterocycles. The van der Waals surface area contributed by atoms with Gasteiger partial charge in [0.25, 0.3) is 0 Å². The molecule has 2 aromatic carbocycles. The Bertz CT molecular complexity index is 996. The monoisotopic (exact) mass is 342 g/mol. The molecule has 0 radical (unpaired) electrons. The topological polar surface area (TPSA) is 91.8 Å². The van der Waals surface area contributed by atoms with Crippen LogP contribution in [-0.2, 0) is 0 Å². The zero-order valence-corrected chi connectivity index (χ0v) is 14.2. The van der Waals surface area contributed by atoms with Crippen molar-refractivity contribution in [1.82, 2.24) is 9.97 Å². The van der Waals surface area contributed by atoms with Crippen molar-refractivity contribution in [3.05, 3.63) is 71.0 Å². The highest BCUT2D eigenvalue weighted by Crippen LogP contribution is 2.28. The molecule has 3 rings (SSSR count). The Balaban J connectivity index is 1.84. The van der Waals surface area contributed by atoms with Crippen LogP contribution >= 0.6 is 0 Å². The summed E-state index contributed by atoms with van der Waals surface area (Å²) < 4.78 is 11.5. The van der Waals surface area contributed by atoms with E-state index in [9.17, 15) is 0 Å². The fourth-order valence-corrected chi connectivity index (χ4v) is 2.37. The van der Waals surface area contributed by atoms with E-state index >= 15 is 0 Å². The molecule has 0 bridgehead atoms. The summed E-state index contributed by atoms with van der Waals surface area (Å²) in [4.78, 5) is 8.48. The summed E-state index contributed by atoms with van der Waals surface area (Å²) in [7, 11) is 0. The van der Waals surface area contributed by atoms with E-state index in [1.165, 1.54) is 6.07 Å². The standard InChI is InChI=1S/C20H14N4O2/c1-13-6-14(2)24-20(23-13)26-18-5-3-4-17(10-18)25-19-8-15(11-21)7-16(9-19)12-22/h3-10H,1-2H3. The van der Waals surface area contributed by atoms with Gasteiger partial charge < -0.3 is 9.47 Å². The lowest BCUT2D eigenvalue weighted by Gasteiger charge is -2.09. The summed E-state index contributed by atoms with van der Waals surface area (Å²) in [6, 6.07) is 17.8. The third-order valence-corrected chi connectivity index (χ3v) is 3.38. The van der Waals surface area contributed by atoms with Crippen LogP contribution in [0.25, 0.3) is 0 Å². The van der Waals surface area contributed by atoms with Crippen molar-refractivity contribution in [3.8, 4) is 35.4 Å². The first-order chi connectivity index (χ1) is 12.6. The maximum Gasteiger partial charge on any atom is 0.322 e. The van der Waals surface area contributed by atoms with E-state index in [2.05, 4.69) is 9.97 Å². The molecule has 0 unspecified atom stereocenters. The van der Waals surface area contributed by atoms with E-state index in [0.29, 0.717) is 28.4 Å². The normalized spacial score (nSPS) is 9.85. The lowest BCUT2D eigenvalue weighted by molar-refractivity contribution is 0.431. The molecular weight excluding hydrogens is 328 g/mol. The van der Waals surface area contributed by atoms with Gasteiger partial charge in [0.2, 0.25) is 0 Å². The van der Waals surface area contributed by atoms with Gasteiger partial charge in [0.05, 0.1) is 23.3 Å². The van der Waals surface area contributed by atoms with E-state index in [4.69, 9.17) is 20.0 Å². The second-order valence-electron chi connectivity index (χ2n) is 5.58. The smallest absolute Gasteiger partial charge is 0.322 e. The van der Waals surface area contributed by atoms with Crippen molar-refractivity contribution in [2.75, 3.05) is 0 Å². The fourth-order valence-electron chi connectivity index (χ4n) is 2.37. The van der Waals surface area contributed by atoms with Gasteiger partial charge in [-0.3, -0.25) is 0 Å². The van der Waals surface area contributed by atoms with Crippen molar-refractivity contribution >= 4 is 0 Å². The average molecular weight is 342 g/mol. The summed E-state index contributed by atoms with van der Waals surface area (Å²) in [6.07, 6.45) is 0. The summed E-state index contributed by atoms with van der Waals surface area (Å²) in [6.45, 7) is 3.74. The second kappa shape index (κ2) is 7.33. The first-order valence-corrected chi connectivity index (χ1v) is 7.79. The van der Waals surface area contributed by atoms with Gasteiger partial charge in [0, 0.05) is 17.5 Å². The highest BCUT2D eigenvalue weighted by molar-refractivity contribution is 5.47. The zero-order chi connectivity index (χ0) is 18.5. The van der Waals surface area contributed by atoms with Gasteiger partial charge in [-0.05, 0) is 50.2 Å². The SMILES string of the molecule is Cc1cc(C)nc(Oc2cccc(Oc3cc(C#N)cc(C#N)c3)c2)n1. The molecule has 0 atom stereocenters. The van der Waals surface area contributed by atoms with Crippen molar-refractivity contribution in [3.63, 3.8) is 0 Å². The number of benzene rings is 2. The van der Waals surface area contributed by atoms with Crippen LogP contribution in [-0.4, -0.2) is 9.97 Å². The number of hydrogen-bond acceptors (Lipinski definition) is 6. The second-order valence-corrected chi connectivity index (χ2v) is 5.58. The van der Waals surface area contributed by atoms with E-state index in [0.717, 1.165) is 11.4 Å². The Hall–Kier alpha value is -3.90. The summed E-state index contributed by atoms with van der Waals surface area (Å²) in [5.74, 6) is 1.43. The number of ether oxygens (including phenoxy) is 2. The van der Waals surface area contributed by atoms with Crippen LogP contribution in [0.3, 0.4) is 0 Å². The Kier molecular flexibility index (Phi) is 4.78. The van der Waals surface area contributed by atoms with E-state index < -0.39 is 0 Å². The largest absolute Gasteiger partial charge is 0.457 e. The molecule has 0 saturated carbocycles. The molecule has 1 aromatic heterocycles. The molecule has 0 aliphatic carbocycles. The van der Waals surface area contributed by atoms with E-state index in [1.54, 1.807) is 36.4 Å². The van der Waals surface area contributed by atoms with Crippen LogP contribution in [0.1, 0.15) is 22.5 Å². The van der Waals surface area contributed by atoms with Crippen LogP contribution in [0, 0.1) is 36.5 Å². The molecule has 0 amide bonds. The van der Waals surface area contributed by atoms with Crippen LogP contribution in [0.4, 0.5) is 0 Å². The summed E-state index contributed by atoms with van der Waals surface area (Å²) >= 11 is 0. The van der Waals surface area contributed by atoms with Crippen LogP contribution < -0.4 is 9.47 Å². The Morgan fingerprint density at radius 2 is 1.31 bits per heavy atom. The van der Waals surface area contributed by atoms with Gasteiger partial charge in [-0.2, -0.15) is 10.5 Å². The Morgan fingerprint density at radius 1 is 0.731 bits per heavy atom. The zero-order valence-electron chi connectivity index (χ0n) is 14.2. The van der Waals surface area contributed by atoms with Crippen LogP contribution in [0.2, 0.25) is 0 Å². The third-order valence-electron chi connectivity index (χ3n) is 3.38. The Labute approximate surface area is 150 Å². The quantitative estimate of drug-likeness (QED) is 0.697. The minimum Gasteiger partial charge on any atom is -0.457 e. The number of rotatable bonds is 4. The molecule has 6 nitrogen and oxygen atoms in total. The van der Waals surface area contributed by atoms with Gasteiger partial charge in [0.1, 0.15) is 17.2 Å². The van der Waals surface area contributed by atoms with Crippen molar-refractivity contribution in [2.24, 2.45) is 0 Å². The maximum absolute atomic E-state index is 9.05. The van der Waals surface area contributed by atoms with Gasteiger partial charge in [-0.25, -0.2) is 9.97 Å².